The van der Waals surface area contributed by atoms with Gasteiger partial charge in [-0.3, -0.25) is 0 Å². The largest absolute Gasteiger partial charge is 0.372 e. The quantitative estimate of drug-likeness (QED) is 0.609. The Hall–Kier alpha value is -0.0800. The van der Waals surface area contributed by atoms with Gasteiger partial charge in [-0.2, -0.15) is 0 Å². The fraction of sp³-hybridized carbons (Fsp3) is 1.00. The van der Waals surface area contributed by atoms with E-state index >= 15 is 0 Å². The van der Waals surface area contributed by atoms with Crippen molar-refractivity contribution in [1.29, 1.82) is 0 Å². The lowest BCUT2D eigenvalue weighted by Crippen LogP contribution is -2.29. The number of hydrogen-bond acceptors (Lipinski definition) is 2. The topological polar surface area (TPSA) is 15.8 Å². The van der Waals surface area contributed by atoms with Crippen molar-refractivity contribution in [3.63, 3.8) is 0 Å². The van der Waals surface area contributed by atoms with E-state index in [-0.39, 0.29) is 0 Å². The molecule has 0 N–H and O–H groups in total. The Morgan fingerprint density at radius 2 is 1.46 bits per heavy atom. The van der Waals surface area contributed by atoms with Crippen molar-refractivity contribution in [2.24, 2.45) is 0 Å². The van der Waals surface area contributed by atoms with Gasteiger partial charge in [0, 0.05) is 6.54 Å². The number of nitrogens with zero attached hydrogens (tertiary/aromatic N) is 1. The molecule has 2 heteroatoms. The van der Waals surface area contributed by atoms with Crippen LogP contribution in [0, 0.1) is 0 Å². The maximum atomic E-state index is 5.27. The molecule has 0 radical (unpaired) electrons. The van der Waals surface area contributed by atoms with Crippen LogP contribution >= 0.6 is 0 Å². The van der Waals surface area contributed by atoms with E-state index in [1.165, 1.54) is 58.2 Å². The van der Waals surface area contributed by atoms with Gasteiger partial charge in [0.15, 0.2) is 0 Å². The molecule has 0 amide bonds. The molecule has 2 heterocycles. The first-order chi connectivity index (χ1) is 6.45. The molecule has 0 aromatic heterocycles. The first-order valence-electron chi connectivity index (χ1n) is 5.79. The Balaban J connectivity index is 1.70. The molecular weight excluding hydrogens is 162 g/mol. The van der Waals surface area contributed by atoms with Gasteiger partial charge in [0.05, 0.1) is 12.7 Å². The van der Waals surface area contributed by atoms with Crippen LogP contribution in [0.4, 0.5) is 0 Å². The van der Waals surface area contributed by atoms with E-state index in [0.717, 1.165) is 6.61 Å². The molecule has 0 aromatic rings. The van der Waals surface area contributed by atoms with E-state index in [1.807, 2.05) is 0 Å². The molecule has 1 atom stereocenters. The summed E-state index contributed by atoms with van der Waals surface area (Å²) in [5, 5.41) is 0. The van der Waals surface area contributed by atoms with Crippen LogP contribution in [0.2, 0.25) is 0 Å². The Morgan fingerprint density at radius 1 is 0.923 bits per heavy atom. The molecule has 0 saturated carbocycles. The average molecular weight is 183 g/mol. The van der Waals surface area contributed by atoms with Gasteiger partial charge in [-0.25, -0.2) is 0 Å². The molecular formula is C11H21NO. The van der Waals surface area contributed by atoms with Crippen LogP contribution in [-0.4, -0.2) is 37.2 Å². The summed E-state index contributed by atoms with van der Waals surface area (Å²) in [7, 11) is 0. The summed E-state index contributed by atoms with van der Waals surface area (Å²) in [6, 6.07) is 0. The minimum absolute atomic E-state index is 0.584. The van der Waals surface area contributed by atoms with E-state index in [4.69, 9.17) is 4.74 Å². The zero-order valence-corrected chi connectivity index (χ0v) is 8.50. The zero-order chi connectivity index (χ0) is 8.93. The highest BCUT2D eigenvalue weighted by molar-refractivity contribution is 4.75. The summed E-state index contributed by atoms with van der Waals surface area (Å²) in [5.74, 6) is 0. The van der Waals surface area contributed by atoms with E-state index in [2.05, 4.69) is 4.90 Å². The van der Waals surface area contributed by atoms with Crippen LogP contribution in [0.3, 0.4) is 0 Å². The first-order valence-corrected chi connectivity index (χ1v) is 5.79. The molecule has 0 unspecified atom stereocenters. The van der Waals surface area contributed by atoms with Crippen LogP contribution < -0.4 is 0 Å². The zero-order valence-electron chi connectivity index (χ0n) is 8.50. The highest BCUT2D eigenvalue weighted by Crippen LogP contribution is 2.15. The summed E-state index contributed by atoms with van der Waals surface area (Å²) in [4.78, 5) is 2.60. The molecule has 13 heavy (non-hydrogen) atoms. The maximum absolute atomic E-state index is 5.27. The normalized spacial score (nSPS) is 31.8. The molecule has 2 aliphatic rings. The van der Waals surface area contributed by atoms with Crippen LogP contribution in [0.5, 0.6) is 0 Å². The van der Waals surface area contributed by atoms with Crippen molar-refractivity contribution in [2.45, 2.75) is 44.6 Å². The Kier molecular flexibility index (Phi) is 3.62. The monoisotopic (exact) mass is 183 g/mol. The number of epoxide rings is 1. The highest BCUT2D eigenvalue weighted by Gasteiger charge is 2.25. The maximum Gasteiger partial charge on any atom is 0.0936 e. The van der Waals surface area contributed by atoms with Gasteiger partial charge in [-0.05, 0) is 25.9 Å². The Labute approximate surface area is 81.3 Å². The summed E-state index contributed by atoms with van der Waals surface area (Å²) < 4.78 is 5.27. The summed E-state index contributed by atoms with van der Waals surface area (Å²) in [6.45, 7) is 4.82. The molecule has 2 fully saturated rings. The molecule has 2 nitrogen and oxygen atoms in total. The minimum atomic E-state index is 0.584. The highest BCUT2D eigenvalue weighted by atomic mass is 16.6. The summed E-state index contributed by atoms with van der Waals surface area (Å²) in [5.41, 5.74) is 0. The fourth-order valence-electron chi connectivity index (χ4n) is 2.13. The van der Waals surface area contributed by atoms with Gasteiger partial charge >= 0.3 is 0 Å². The molecule has 0 bridgehead atoms. The van der Waals surface area contributed by atoms with Crippen molar-refractivity contribution in [3.8, 4) is 0 Å². The molecule has 2 saturated heterocycles. The van der Waals surface area contributed by atoms with E-state index in [1.54, 1.807) is 0 Å². The molecule has 0 aliphatic carbocycles. The molecule has 2 rings (SSSR count). The number of hydrogen-bond donors (Lipinski definition) is 0. The number of rotatable bonds is 2. The molecule has 0 spiro atoms. The van der Waals surface area contributed by atoms with E-state index < -0.39 is 0 Å². The number of ether oxygens (including phenoxy) is 1. The molecule has 76 valence electrons. The second-order valence-corrected chi connectivity index (χ2v) is 4.38. The third-order valence-corrected chi connectivity index (χ3v) is 3.06. The standard InChI is InChI=1S/C11H21NO/c1-2-4-6-8-12(7-5-3-1)9-11-10-13-11/h11H,1-10H2/t11-/m0/s1. The smallest absolute Gasteiger partial charge is 0.0936 e. The second kappa shape index (κ2) is 4.97. The lowest BCUT2D eigenvalue weighted by molar-refractivity contribution is 0.238. The lowest BCUT2D eigenvalue weighted by atomic mass is 10.1. The van der Waals surface area contributed by atoms with Crippen molar-refractivity contribution >= 4 is 0 Å². The van der Waals surface area contributed by atoms with Gasteiger partial charge in [-0.1, -0.05) is 25.7 Å². The third kappa shape index (κ3) is 3.65. The molecule has 2 aliphatic heterocycles. The minimum Gasteiger partial charge on any atom is -0.372 e. The van der Waals surface area contributed by atoms with Crippen LogP contribution in [0.15, 0.2) is 0 Å². The predicted molar refractivity (Wildman–Crippen MR) is 53.9 cm³/mol. The third-order valence-electron chi connectivity index (χ3n) is 3.06. The van der Waals surface area contributed by atoms with Crippen molar-refractivity contribution in [3.05, 3.63) is 0 Å². The SMILES string of the molecule is C1CCCCN(C[C@H]2CO2)CCC1. The van der Waals surface area contributed by atoms with Crippen LogP contribution in [0.25, 0.3) is 0 Å². The van der Waals surface area contributed by atoms with Gasteiger partial charge in [0.2, 0.25) is 0 Å². The predicted octanol–water partition coefficient (Wildman–Crippen LogP) is 2.04. The van der Waals surface area contributed by atoms with Gasteiger partial charge in [0.1, 0.15) is 0 Å². The van der Waals surface area contributed by atoms with Gasteiger partial charge in [-0.15, -0.1) is 0 Å². The van der Waals surface area contributed by atoms with Crippen molar-refractivity contribution < 1.29 is 4.74 Å². The fourth-order valence-corrected chi connectivity index (χ4v) is 2.13. The summed E-state index contributed by atoms with van der Waals surface area (Å²) in [6.07, 6.45) is 9.14. The Morgan fingerprint density at radius 3 is 2.00 bits per heavy atom. The summed E-state index contributed by atoms with van der Waals surface area (Å²) >= 11 is 0. The Bertz CT molecular complexity index is 135. The lowest BCUT2D eigenvalue weighted by Gasteiger charge is -2.19. The van der Waals surface area contributed by atoms with Crippen LogP contribution in [0.1, 0.15) is 38.5 Å². The first kappa shape index (κ1) is 9.47. The average Bonchev–Trinajstić information content (AvgIpc) is 2.89. The van der Waals surface area contributed by atoms with Gasteiger partial charge < -0.3 is 9.64 Å². The van der Waals surface area contributed by atoms with Crippen molar-refractivity contribution in [2.75, 3.05) is 26.2 Å². The van der Waals surface area contributed by atoms with Crippen LogP contribution in [-0.2, 0) is 4.74 Å². The van der Waals surface area contributed by atoms with Crippen molar-refractivity contribution in [1.82, 2.24) is 4.90 Å². The van der Waals surface area contributed by atoms with E-state index in [0.29, 0.717) is 6.10 Å². The molecule has 0 aromatic carbocycles. The van der Waals surface area contributed by atoms with E-state index in [9.17, 15) is 0 Å². The second-order valence-electron chi connectivity index (χ2n) is 4.38. The van der Waals surface area contributed by atoms with Gasteiger partial charge in [0.25, 0.3) is 0 Å².